The molecule has 1 fully saturated rings. The molecule has 2 heterocycles. The Morgan fingerprint density at radius 2 is 2.53 bits per heavy atom. The van der Waals surface area contributed by atoms with Crippen molar-refractivity contribution in [1.82, 2.24) is 4.98 Å². The van der Waals surface area contributed by atoms with Crippen LogP contribution in [0.25, 0.3) is 0 Å². The number of nitrogens with zero attached hydrogens (tertiary/aromatic N) is 2. The zero-order valence-corrected chi connectivity index (χ0v) is 11.1. The fourth-order valence-electron chi connectivity index (χ4n) is 2.27. The maximum atomic E-state index is 9.19. The van der Waals surface area contributed by atoms with E-state index in [0.29, 0.717) is 13.2 Å². The van der Waals surface area contributed by atoms with Gasteiger partial charge in [-0.2, -0.15) is 5.26 Å². The first-order chi connectivity index (χ1) is 9.40. The van der Waals surface area contributed by atoms with Crippen LogP contribution in [0, 0.1) is 11.3 Å². The smallest absolute Gasteiger partial charge is 0.0809 e. The standard InChI is InChI=1S/C15H20N2O2/c16-10-13(14-4-1-7-17-11-14)5-2-9-19-15-6-3-8-18-12-15/h1,4,7,11,13,15H,2-3,5-6,8-9,12H2. The van der Waals surface area contributed by atoms with Crippen LogP contribution in [0.15, 0.2) is 24.5 Å². The summed E-state index contributed by atoms with van der Waals surface area (Å²) < 4.78 is 11.1. The van der Waals surface area contributed by atoms with Crippen molar-refractivity contribution in [2.24, 2.45) is 0 Å². The highest BCUT2D eigenvalue weighted by molar-refractivity contribution is 5.20. The molecule has 0 aromatic carbocycles. The average molecular weight is 260 g/mol. The van der Waals surface area contributed by atoms with Crippen LogP contribution in [-0.2, 0) is 9.47 Å². The molecule has 0 aliphatic carbocycles. The van der Waals surface area contributed by atoms with Gasteiger partial charge in [0.15, 0.2) is 0 Å². The maximum Gasteiger partial charge on any atom is 0.0809 e. The average Bonchev–Trinajstić information content (AvgIpc) is 2.49. The third-order valence-corrected chi connectivity index (χ3v) is 3.35. The lowest BCUT2D eigenvalue weighted by Crippen LogP contribution is -2.25. The molecule has 4 heteroatoms. The number of rotatable bonds is 6. The van der Waals surface area contributed by atoms with Crippen molar-refractivity contribution in [3.8, 4) is 6.07 Å². The van der Waals surface area contributed by atoms with Crippen molar-refractivity contribution >= 4 is 0 Å². The van der Waals surface area contributed by atoms with Crippen LogP contribution in [0.4, 0.5) is 0 Å². The fourth-order valence-corrected chi connectivity index (χ4v) is 2.27. The predicted molar refractivity (Wildman–Crippen MR) is 71.6 cm³/mol. The maximum absolute atomic E-state index is 9.19. The lowest BCUT2D eigenvalue weighted by Gasteiger charge is -2.22. The van der Waals surface area contributed by atoms with Crippen molar-refractivity contribution in [3.63, 3.8) is 0 Å². The van der Waals surface area contributed by atoms with E-state index in [1.807, 2.05) is 12.1 Å². The Hall–Kier alpha value is -1.44. The van der Waals surface area contributed by atoms with Gasteiger partial charge in [-0.15, -0.1) is 0 Å². The molecule has 1 aromatic heterocycles. The molecule has 4 nitrogen and oxygen atoms in total. The van der Waals surface area contributed by atoms with E-state index in [2.05, 4.69) is 11.1 Å². The Morgan fingerprint density at radius 3 is 3.21 bits per heavy atom. The minimum atomic E-state index is -0.0834. The van der Waals surface area contributed by atoms with Crippen molar-refractivity contribution in [2.45, 2.75) is 37.7 Å². The Kier molecular flexibility index (Phi) is 5.80. The summed E-state index contributed by atoms with van der Waals surface area (Å²) in [6, 6.07) is 6.16. The first-order valence-electron chi connectivity index (χ1n) is 6.89. The van der Waals surface area contributed by atoms with Crippen LogP contribution in [-0.4, -0.2) is 30.9 Å². The molecule has 0 spiro atoms. The molecule has 102 valence electrons. The van der Waals surface area contributed by atoms with E-state index >= 15 is 0 Å². The van der Waals surface area contributed by atoms with Gasteiger partial charge in [0.1, 0.15) is 0 Å². The van der Waals surface area contributed by atoms with E-state index in [1.165, 1.54) is 0 Å². The molecular formula is C15H20N2O2. The number of aromatic nitrogens is 1. The lowest BCUT2D eigenvalue weighted by atomic mass is 9.97. The quantitative estimate of drug-likeness (QED) is 0.738. The van der Waals surface area contributed by atoms with Crippen LogP contribution < -0.4 is 0 Å². The monoisotopic (exact) mass is 260 g/mol. The molecule has 0 amide bonds. The third kappa shape index (κ3) is 4.62. The summed E-state index contributed by atoms with van der Waals surface area (Å²) in [6.45, 7) is 2.27. The summed E-state index contributed by atoms with van der Waals surface area (Å²) in [7, 11) is 0. The molecule has 1 aromatic rings. The summed E-state index contributed by atoms with van der Waals surface area (Å²) in [5.74, 6) is -0.0834. The largest absolute Gasteiger partial charge is 0.379 e. The third-order valence-electron chi connectivity index (χ3n) is 3.35. The van der Waals surface area contributed by atoms with Gasteiger partial charge in [0.2, 0.25) is 0 Å². The second kappa shape index (κ2) is 7.88. The summed E-state index contributed by atoms with van der Waals surface area (Å²) in [6.07, 6.45) is 7.62. The van der Waals surface area contributed by atoms with Gasteiger partial charge in [0, 0.05) is 25.6 Å². The summed E-state index contributed by atoms with van der Waals surface area (Å²) in [5.41, 5.74) is 0.992. The number of pyridine rings is 1. The summed E-state index contributed by atoms with van der Waals surface area (Å²) >= 11 is 0. The molecule has 0 saturated carbocycles. The van der Waals surface area contributed by atoms with E-state index in [0.717, 1.165) is 37.9 Å². The summed E-state index contributed by atoms with van der Waals surface area (Å²) in [5, 5.41) is 9.19. The van der Waals surface area contributed by atoms with Crippen LogP contribution in [0.5, 0.6) is 0 Å². The van der Waals surface area contributed by atoms with E-state index in [1.54, 1.807) is 12.4 Å². The Morgan fingerprint density at radius 1 is 1.58 bits per heavy atom. The number of hydrogen-bond acceptors (Lipinski definition) is 4. The highest BCUT2D eigenvalue weighted by atomic mass is 16.5. The van der Waals surface area contributed by atoms with Gasteiger partial charge >= 0.3 is 0 Å². The van der Waals surface area contributed by atoms with Crippen molar-refractivity contribution in [2.75, 3.05) is 19.8 Å². The molecule has 0 bridgehead atoms. The minimum Gasteiger partial charge on any atom is -0.379 e. The lowest BCUT2D eigenvalue weighted by molar-refractivity contribution is -0.0507. The molecular weight excluding hydrogens is 240 g/mol. The number of nitriles is 1. The molecule has 0 N–H and O–H groups in total. The molecule has 2 rings (SSSR count). The molecule has 1 aliphatic rings. The second-order valence-electron chi connectivity index (χ2n) is 4.82. The highest BCUT2D eigenvalue weighted by Crippen LogP contribution is 2.19. The van der Waals surface area contributed by atoms with Crippen molar-refractivity contribution in [3.05, 3.63) is 30.1 Å². The predicted octanol–water partition coefficient (Wildman–Crippen LogP) is 2.66. The Balaban J connectivity index is 1.68. The van der Waals surface area contributed by atoms with Crippen molar-refractivity contribution in [1.29, 1.82) is 5.26 Å². The van der Waals surface area contributed by atoms with Crippen molar-refractivity contribution < 1.29 is 9.47 Å². The SMILES string of the molecule is N#CC(CCCOC1CCCOC1)c1cccnc1. The first kappa shape index (κ1) is 14.0. The van der Waals surface area contributed by atoms with E-state index in [-0.39, 0.29) is 12.0 Å². The fraction of sp³-hybridized carbons (Fsp3) is 0.600. The van der Waals surface area contributed by atoms with Crippen LogP contribution in [0.1, 0.15) is 37.2 Å². The van der Waals surface area contributed by atoms with Gasteiger partial charge in [-0.3, -0.25) is 4.98 Å². The molecule has 19 heavy (non-hydrogen) atoms. The Bertz CT molecular complexity index is 396. The second-order valence-corrected chi connectivity index (χ2v) is 4.82. The highest BCUT2D eigenvalue weighted by Gasteiger charge is 2.15. The van der Waals surface area contributed by atoms with Gasteiger partial charge < -0.3 is 9.47 Å². The zero-order valence-electron chi connectivity index (χ0n) is 11.1. The molecule has 1 aliphatic heterocycles. The van der Waals surface area contributed by atoms with E-state index in [4.69, 9.17) is 9.47 Å². The van der Waals surface area contributed by atoms with Gasteiger partial charge in [-0.1, -0.05) is 6.07 Å². The Labute approximate surface area is 114 Å². The molecule has 0 radical (unpaired) electrons. The van der Waals surface area contributed by atoms with E-state index < -0.39 is 0 Å². The molecule has 2 unspecified atom stereocenters. The van der Waals surface area contributed by atoms with Gasteiger partial charge in [-0.05, 0) is 37.3 Å². The topological polar surface area (TPSA) is 55.1 Å². The van der Waals surface area contributed by atoms with Crippen LogP contribution in [0.3, 0.4) is 0 Å². The van der Waals surface area contributed by atoms with Gasteiger partial charge in [0.05, 0.1) is 24.7 Å². The summed E-state index contributed by atoms with van der Waals surface area (Å²) in [4.78, 5) is 4.06. The van der Waals surface area contributed by atoms with E-state index in [9.17, 15) is 5.26 Å². The molecule has 2 atom stereocenters. The number of ether oxygens (including phenoxy) is 2. The zero-order chi connectivity index (χ0) is 13.3. The number of hydrogen-bond donors (Lipinski definition) is 0. The molecule has 1 saturated heterocycles. The minimum absolute atomic E-state index is 0.0834. The normalized spacial score (nSPS) is 20.7. The van der Waals surface area contributed by atoms with Crippen LogP contribution in [0.2, 0.25) is 0 Å². The van der Waals surface area contributed by atoms with Gasteiger partial charge in [-0.25, -0.2) is 0 Å². The first-order valence-corrected chi connectivity index (χ1v) is 6.89. The van der Waals surface area contributed by atoms with Gasteiger partial charge in [0.25, 0.3) is 0 Å². The van der Waals surface area contributed by atoms with Crippen LogP contribution >= 0.6 is 0 Å².